The highest BCUT2D eigenvalue weighted by Gasteiger charge is 2.30. The van der Waals surface area contributed by atoms with Crippen LogP contribution in [0.2, 0.25) is 0 Å². The Kier molecular flexibility index (Phi) is 5.48. The fourth-order valence-electron chi connectivity index (χ4n) is 3.52. The molecule has 4 nitrogen and oxygen atoms in total. The van der Waals surface area contributed by atoms with E-state index in [0.717, 1.165) is 12.1 Å². The molecule has 0 aliphatic heterocycles. The van der Waals surface area contributed by atoms with Gasteiger partial charge in [0, 0.05) is 5.56 Å². The average molecular weight is 437 g/mol. The van der Waals surface area contributed by atoms with Crippen molar-refractivity contribution in [2.24, 2.45) is 0 Å². The smallest absolute Gasteiger partial charge is 0.416 e. The van der Waals surface area contributed by atoms with Crippen molar-refractivity contribution in [1.82, 2.24) is 4.73 Å². The van der Waals surface area contributed by atoms with Gasteiger partial charge in [0.15, 0.2) is 0 Å². The number of hydrogen-bond donors (Lipinski definition) is 1. The first-order valence-electron chi connectivity index (χ1n) is 9.66. The second-order valence-corrected chi connectivity index (χ2v) is 7.10. The molecule has 4 rings (SSSR count). The van der Waals surface area contributed by atoms with Crippen LogP contribution in [0.1, 0.15) is 5.56 Å². The van der Waals surface area contributed by atoms with Gasteiger partial charge in [0.05, 0.1) is 23.9 Å². The van der Waals surface area contributed by atoms with Crippen molar-refractivity contribution >= 4 is 0 Å². The normalized spacial score (nSPS) is 11.4. The van der Waals surface area contributed by atoms with Gasteiger partial charge in [0.1, 0.15) is 5.75 Å². The van der Waals surface area contributed by atoms with Gasteiger partial charge < -0.3 is 9.94 Å². The lowest BCUT2D eigenvalue weighted by Crippen LogP contribution is -2.22. The van der Waals surface area contributed by atoms with E-state index in [9.17, 15) is 23.2 Å². The summed E-state index contributed by atoms with van der Waals surface area (Å²) in [7, 11) is 1.53. The molecule has 162 valence electrons. The van der Waals surface area contributed by atoms with Gasteiger partial charge in [-0.1, -0.05) is 42.5 Å². The lowest BCUT2D eigenvalue weighted by Gasteiger charge is -2.16. The van der Waals surface area contributed by atoms with Crippen molar-refractivity contribution in [3.05, 3.63) is 101 Å². The third kappa shape index (κ3) is 3.97. The van der Waals surface area contributed by atoms with Crippen LogP contribution in [0.3, 0.4) is 0 Å². The Balaban J connectivity index is 1.95. The summed E-state index contributed by atoms with van der Waals surface area (Å²) in [5, 5.41) is 10.7. The number of benzene rings is 3. The maximum absolute atomic E-state index is 13.2. The third-order valence-corrected chi connectivity index (χ3v) is 5.16. The number of nitrogens with zero attached hydrogens (tertiary/aromatic N) is 1. The Labute approximate surface area is 181 Å². The summed E-state index contributed by atoms with van der Waals surface area (Å²) in [6.45, 7) is 0. The minimum Gasteiger partial charge on any atom is -0.497 e. The molecule has 0 spiro atoms. The lowest BCUT2D eigenvalue weighted by atomic mass is 9.93. The van der Waals surface area contributed by atoms with E-state index in [1.165, 1.54) is 19.2 Å². The highest BCUT2D eigenvalue weighted by atomic mass is 19.4. The lowest BCUT2D eigenvalue weighted by molar-refractivity contribution is -0.137. The Bertz CT molecular complexity index is 1290. The minimum absolute atomic E-state index is 0.102. The van der Waals surface area contributed by atoms with Gasteiger partial charge in [0.2, 0.25) is 0 Å². The van der Waals surface area contributed by atoms with Crippen LogP contribution >= 0.6 is 0 Å². The van der Waals surface area contributed by atoms with E-state index in [0.29, 0.717) is 27.2 Å². The van der Waals surface area contributed by atoms with Gasteiger partial charge in [0.25, 0.3) is 5.56 Å². The SMILES string of the molecule is COc1ccc(-c2cc(-c3ccccc3)c(-c3ccc(C(F)(F)F)cc3)c(=O)n2O)cc1. The molecular weight excluding hydrogens is 419 g/mol. The quantitative estimate of drug-likeness (QED) is 0.392. The molecule has 0 fully saturated rings. The van der Waals surface area contributed by atoms with Crippen molar-refractivity contribution in [1.29, 1.82) is 0 Å². The molecule has 0 aliphatic carbocycles. The number of ether oxygens (including phenoxy) is 1. The second-order valence-electron chi connectivity index (χ2n) is 7.10. The molecule has 0 bridgehead atoms. The summed E-state index contributed by atoms with van der Waals surface area (Å²) >= 11 is 0. The molecule has 0 radical (unpaired) electrons. The van der Waals surface area contributed by atoms with Crippen LogP contribution in [-0.4, -0.2) is 17.0 Å². The zero-order valence-corrected chi connectivity index (χ0v) is 16.9. The van der Waals surface area contributed by atoms with Crippen molar-refractivity contribution in [3.63, 3.8) is 0 Å². The van der Waals surface area contributed by atoms with Crippen LogP contribution in [0.4, 0.5) is 13.2 Å². The largest absolute Gasteiger partial charge is 0.497 e. The molecule has 3 aromatic carbocycles. The topological polar surface area (TPSA) is 51.5 Å². The predicted octanol–water partition coefficient (Wildman–Crippen LogP) is 6.11. The van der Waals surface area contributed by atoms with E-state index in [1.807, 2.05) is 6.07 Å². The van der Waals surface area contributed by atoms with Crippen LogP contribution in [0.5, 0.6) is 5.75 Å². The number of aromatic nitrogens is 1. The number of rotatable bonds is 4. The number of halogens is 3. The van der Waals surface area contributed by atoms with E-state index < -0.39 is 17.3 Å². The minimum atomic E-state index is -4.49. The third-order valence-electron chi connectivity index (χ3n) is 5.16. The Morgan fingerprint density at radius 1 is 0.812 bits per heavy atom. The van der Waals surface area contributed by atoms with E-state index >= 15 is 0 Å². The van der Waals surface area contributed by atoms with Gasteiger partial charge in [-0.3, -0.25) is 4.79 Å². The van der Waals surface area contributed by atoms with Crippen LogP contribution < -0.4 is 10.3 Å². The first kappa shape index (κ1) is 21.2. The van der Waals surface area contributed by atoms with Crippen LogP contribution in [-0.2, 0) is 6.18 Å². The zero-order chi connectivity index (χ0) is 22.9. The molecule has 1 heterocycles. The summed E-state index contributed by atoms with van der Waals surface area (Å²) < 4.78 is 44.6. The van der Waals surface area contributed by atoms with Crippen molar-refractivity contribution < 1.29 is 23.1 Å². The molecular formula is C25H18F3NO3. The van der Waals surface area contributed by atoms with Crippen molar-refractivity contribution in [2.45, 2.75) is 6.18 Å². The molecule has 0 amide bonds. The Morgan fingerprint density at radius 3 is 1.97 bits per heavy atom. The molecule has 1 N–H and O–H groups in total. The first-order valence-corrected chi connectivity index (χ1v) is 9.66. The van der Waals surface area contributed by atoms with Crippen LogP contribution in [0, 0.1) is 0 Å². The molecule has 0 saturated carbocycles. The van der Waals surface area contributed by atoms with Crippen molar-refractivity contribution in [2.75, 3.05) is 7.11 Å². The van der Waals surface area contributed by atoms with Crippen LogP contribution in [0.25, 0.3) is 33.5 Å². The summed E-state index contributed by atoms with van der Waals surface area (Å²) in [6, 6.07) is 21.8. The Hall–Kier alpha value is -4.00. The molecule has 0 unspecified atom stereocenters. The number of pyridine rings is 1. The molecule has 0 saturated heterocycles. The summed E-state index contributed by atoms with van der Waals surface area (Å²) in [6.07, 6.45) is -4.49. The van der Waals surface area contributed by atoms with Crippen molar-refractivity contribution in [3.8, 4) is 39.3 Å². The van der Waals surface area contributed by atoms with Gasteiger partial charge >= 0.3 is 6.18 Å². The van der Waals surface area contributed by atoms with E-state index in [2.05, 4.69) is 0 Å². The summed E-state index contributed by atoms with van der Waals surface area (Å²) in [5.41, 5.74) is 0.810. The molecule has 1 aromatic heterocycles. The van der Waals surface area contributed by atoms with Gasteiger partial charge in [-0.2, -0.15) is 13.2 Å². The number of methoxy groups -OCH3 is 1. The monoisotopic (exact) mass is 437 g/mol. The van der Waals surface area contributed by atoms with Gasteiger partial charge in [-0.05, 0) is 59.2 Å². The molecule has 32 heavy (non-hydrogen) atoms. The van der Waals surface area contributed by atoms with Crippen LogP contribution in [0.15, 0.2) is 89.7 Å². The fourth-order valence-corrected chi connectivity index (χ4v) is 3.52. The standard InChI is InChI=1S/C25H18F3NO3/c1-32-20-13-9-17(10-14-20)22-15-21(16-5-3-2-4-6-16)23(24(30)29(22)31)18-7-11-19(12-8-18)25(26,27)28/h2-15,31H,1H3. The maximum atomic E-state index is 13.2. The van der Waals surface area contributed by atoms with Gasteiger partial charge in [-0.15, -0.1) is 4.73 Å². The molecule has 7 heteroatoms. The second kappa shape index (κ2) is 8.26. The van der Waals surface area contributed by atoms with E-state index in [1.54, 1.807) is 54.6 Å². The highest BCUT2D eigenvalue weighted by molar-refractivity contribution is 5.85. The highest BCUT2D eigenvalue weighted by Crippen LogP contribution is 2.35. The van der Waals surface area contributed by atoms with E-state index in [4.69, 9.17) is 4.74 Å². The fraction of sp³-hybridized carbons (Fsp3) is 0.0800. The number of alkyl halides is 3. The molecule has 0 aliphatic rings. The average Bonchev–Trinajstić information content (AvgIpc) is 2.81. The zero-order valence-electron chi connectivity index (χ0n) is 16.9. The van der Waals surface area contributed by atoms with E-state index in [-0.39, 0.29) is 16.8 Å². The number of hydrogen-bond acceptors (Lipinski definition) is 3. The van der Waals surface area contributed by atoms with Gasteiger partial charge in [-0.25, -0.2) is 0 Å². The molecule has 0 atom stereocenters. The summed E-state index contributed by atoms with van der Waals surface area (Å²) in [5.74, 6) is 0.616. The first-order chi connectivity index (χ1) is 15.3. The predicted molar refractivity (Wildman–Crippen MR) is 116 cm³/mol. The molecule has 4 aromatic rings. The summed E-state index contributed by atoms with van der Waals surface area (Å²) in [4.78, 5) is 13.2. The maximum Gasteiger partial charge on any atom is 0.416 e. The Morgan fingerprint density at radius 2 is 1.41 bits per heavy atom.